The summed E-state index contributed by atoms with van der Waals surface area (Å²) in [5.41, 5.74) is 0.727. The summed E-state index contributed by atoms with van der Waals surface area (Å²) < 4.78 is 74.6. The summed E-state index contributed by atoms with van der Waals surface area (Å²) in [7, 11) is -4.14. The van der Waals surface area contributed by atoms with Gasteiger partial charge in [0.1, 0.15) is 11.6 Å². The zero-order chi connectivity index (χ0) is 27.5. The zero-order valence-corrected chi connectivity index (χ0v) is 23.1. The second kappa shape index (κ2) is 14.7. The lowest BCUT2D eigenvalue weighted by Gasteiger charge is -2.31. The summed E-state index contributed by atoms with van der Waals surface area (Å²) in [5.74, 6) is -2.19. The molecule has 0 aliphatic carbocycles. The Morgan fingerprint density at radius 2 is 1.58 bits per heavy atom. The van der Waals surface area contributed by atoms with Gasteiger partial charge in [-0.05, 0) is 48.4 Å². The number of sulfone groups is 1. The van der Waals surface area contributed by atoms with Gasteiger partial charge in [0.25, 0.3) is 0 Å². The molecule has 5 nitrogen and oxygen atoms in total. The molecule has 9 heteroatoms. The van der Waals surface area contributed by atoms with E-state index in [1.807, 2.05) is 44.2 Å². The minimum atomic E-state index is -4.14. The van der Waals surface area contributed by atoms with E-state index < -0.39 is 32.6 Å². The fourth-order valence-corrected chi connectivity index (χ4v) is 6.55. The second-order valence-electron chi connectivity index (χ2n) is 8.56. The van der Waals surface area contributed by atoms with Crippen LogP contribution in [-0.4, -0.2) is 34.8 Å². The minimum Gasteiger partial charge on any atom is -0.379 e. The quantitative estimate of drug-likeness (QED) is 0.263. The van der Waals surface area contributed by atoms with Crippen molar-refractivity contribution in [2.75, 3.05) is 26.4 Å². The fourth-order valence-electron chi connectivity index (χ4n) is 4.33. The van der Waals surface area contributed by atoms with Gasteiger partial charge in [-0.1, -0.05) is 55.8 Å². The molecule has 1 aliphatic heterocycles. The van der Waals surface area contributed by atoms with Crippen LogP contribution in [0, 0.1) is 17.6 Å². The molecule has 3 aromatic carbocycles. The molecule has 4 rings (SSSR count). The number of halogens is 3. The van der Waals surface area contributed by atoms with Crippen LogP contribution in [0.1, 0.15) is 42.2 Å². The Morgan fingerprint density at radius 1 is 0.921 bits per heavy atom. The highest BCUT2D eigenvalue weighted by atomic mass is 35.5. The second-order valence-corrected chi connectivity index (χ2v) is 11.1. The summed E-state index contributed by atoms with van der Waals surface area (Å²) in [6, 6.07) is 17.3. The van der Waals surface area contributed by atoms with Crippen LogP contribution >= 0.6 is 11.6 Å². The Morgan fingerprint density at radius 3 is 2.29 bits per heavy atom. The Labute approximate surface area is 228 Å². The number of fused-ring (bicyclic) bond motifs is 1. The van der Waals surface area contributed by atoms with E-state index >= 15 is 4.39 Å². The standard InChI is InChI=1S/C27H27ClF2O5S.C2H6/c28-21-6-8-22(9-7-21)36(31,32)27-20(17-35-15-14-34-16-19-4-2-1-3-5-19)12-13-33-18-23-24(29)10-11-25(30)26(23)27;1-2/h1-11,20,27H,12-18H2;1-2H3. The van der Waals surface area contributed by atoms with E-state index in [1.54, 1.807) is 0 Å². The first-order valence-corrected chi connectivity index (χ1v) is 14.5. The summed E-state index contributed by atoms with van der Waals surface area (Å²) >= 11 is 5.95. The Hall–Kier alpha value is -2.36. The minimum absolute atomic E-state index is 0.00490. The Kier molecular flexibility index (Phi) is 11.7. The predicted molar refractivity (Wildman–Crippen MR) is 144 cm³/mol. The molecule has 0 amide bonds. The number of rotatable bonds is 9. The molecule has 0 aromatic heterocycles. The van der Waals surface area contributed by atoms with Crippen molar-refractivity contribution in [3.05, 3.63) is 100 Å². The van der Waals surface area contributed by atoms with E-state index in [0.29, 0.717) is 18.2 Å². The average molecular weight is 567 g/mol. The third-order valence-corrected chi connectivity index (χ3v) is 8.60. The molecule has 2 unspecified atom stereocenters. The highest BCUT2D eigenvalue weighted by Gasteiger charge is 2.41. The molecule has 0 N–H and O–H groups in total. The smallest absolute Gasteiger partial charge is 0.185 e. The van der Waals surface area contributed by atoms with Gasteiger partial charge in [0.05, 0.1) is 43.2 Å². The van der Waals surface area contributed by atoms with Crippen LogP contribution in [0.3, 0.4) is 0 Å². The van der Waals surface area contributed by atoms with E-state index in [-0.39, 0.29) is 48.9 Å². The molecule has 3 aromatic rings. The number of benzene rings is 3. The number of hydrogen-bond acceptors (Lipinski definition) is 5. The van der Waals surface area contributed by atoms with Gasteiger partial charge in [-0.15, -0.1) is 0 Å². The molecule has 0 saturated heterocycles. The Bertz CT molecular complexity index is 1250. The SMILES string of the molecule is CC.O=S(=O)(c1ccc(Cl)cc1)C1c2c(F)ccc(F)c2COCCC1COCCOCc1ccccc1. The molecule has 1 heterocycles. The van der Waals surface area contributed by atoms with Gasteiger partial charge in [0.15, 0.2) is 9.84 Å². The van der Waals surface area contributed by atoms with Gasteiger partial charge in [-0.2, -0.15) is 0 Å². The fraction of sp³-hybridized carbons (Fsp3) is 0.379. The summed E-state index contributed by atoms with van der Waals surface area (Å²) in [6.07, 6.45) is 0.289. The average Bonchev–Trinajstić information content (AvgIpc) is 2.91. The first kappa shape index (κ1) is 30.2. The lowest BCUT2D eigenvalue weighted by Crippen LogP contribution is -2.31. The van der Waals surface area contributed by atoms with Crippen molar-refractivity contribution in [1.29, 1.82) is 0 Å². The van der Waals surface area contributed by atoms with E-state index in [2.05, 4.69) is 0 Å². The molecule has 1 aliphatic rings. The zero-order valence-electron chi connectivity index (χ0n) is 21.5. The van der Waals surface area contributed by atoms with Gasteiger partial charge in [-0.25, -0.2) is 17.2 Å². The molecule has 0 spiro atoms. The van der Waals surface area contributed by atoms with Crippen molar-refractivity contribution in [2.45, 2.75) is 43.6 Å². The molecule has 2 atom stereocenters. The van der Waals surface area contributed by atoms with E-state index in [0.717, 1.165) is 17.7 Å². The molecular formula is C29H33ClF2O5S. The summed E-state index contributed by atoms with van der Waals surface area (Å²) in [4.78, 5) is -0.0239. The molecule has 0 bridgehead atoms. The monoisotopic (exact) mass is 566 g/mol. The number of hydrogen-bond donors (Lipinski definition) is 0. The number of ether oxygens (including phenoxy) is 3. The highest BCUT2D eigenvalue weighted by molar-refractivity contribution is 7.91. The molecule has 0 fully saturated rings. The maximum atomic E-state index is 15.2. The van der Waals surface area contributed by atoms with Crippen molar-refractivity contribution in [3.63, 3.8) is 0 Å². The normalized spacial score (nSPS) is 17.5. The van der Waals surface area contributed by atoms with Crippen LogP contribution in [0.15, 0.2) is 71.6 Å². The van der Waals surface area contributed by atoms with Crippen LogP contribution in [-0.2, 0) is 37.3 Å². The van der Waals surface area contributed by atoms with Crippen LogP contribution < -0.4 is 0 Å². The summed E-state index contributed by atoms with van der Waals surface area (Å²) in [5, 5.41) is -0.994. The predicted octanol–water partition coefficient (Wildman–Crippen LogP) is 6.93. The third kappa shape index (κ3) is 7.61. The van der Waals surface area contributed by atoms with E-state index in [9.17, 15) is 12.8 Å². The van der Waals surface area contributed by atoms with Gasteiger partial charge in [0.2, 0.25) is 0 Å². The Balaban J connectivity index is 0.00000195. The first-order valence-electron chi connectivity index (χ1n) is 12.6. The van der Waals surface area contributed by atoms with Gasteiger partial charge >= 0.3 is 0 Å². The van der Waals surface area contributed by atoms with Crippen molar-refractivity contribution >= 4 is 21.4 Å². The van der Waals surface area contributed by atoms with Crippen molar-refractivity contribution in [1.82, 2.24) is 0 Å². The van der Waals surface area contributed by atoms with Crippen LogP contribution in [0.5, 0.6) is 0 Å². The third-order valence-electron chi connectivity index (χ3n) is 6.13. The van der Waals surface area contributed by atoms with Gasteiger partial charge in [-0.3, -0.25) is 0 Å². The van der Waals surface area contributed by atoms with Crippen molar-refractivity contribution < 1.29 is 31.4 Å². The maximum Gasteiger partial charge on any atom is 0.185 e. The van der Waals surface area contributed by atoms with E-state index in [1.165, 1.54) is 24.3 Å². The molecule has 38 heavy (non-hydrogen) atoms. The lowest BCUT2D eigenvalue weighted by atomic mass is 9.91. The van der Waals surface area contributed by atoms with Crippen molar-refractivity contribution in [3.8, 4) is 0 Å². The summed E-state index contributed by atoms with van der Waals surface area (Å²) in [6.45, 7) is 4.91. The molecular weight excluding hydrogens is 534 g/mol. The molecule has 206 valence electrons. The highest BCUT2D eigenvalue weighted by Crippen LogP contribution is 2.42. The maximum absolute atomic E-state index is 15.2. The van der Waals surface area contributed by atoms with Crippen LogP contribution in [0.25, 0.3) is 0 Å². The topological polar surface area (TPSA) is 61.8 Å². The van der Waals surface area contributed by atoms with Gasteiger partial charge < -0.3 is 14.2 Å². The molecule has 0 saturated carbocycles. The van der Waals surface area contributed by atoms with Crippen molar-refractivity contribution in [2.24, 2.45) is 5.92 Å². The van der Waals surface area contributed by atoms with Crippen LogP contribution in [0.4, 0.5) is 8.78 Å². The molecule has 0 radical (unpaired) electrons. The van der Waals surface area contributed by atoms with Crippen LogP contribution in [0.2, 0.25) is 5.02 Å². The largest absolute Gasteiger partial charge is 0.379 e. The first-order chi connectivity index (χ1) is 18.4. The van der Waals surface area contributed by atoms with Gasteiger partial charge in [0, 0.05) is 28.7 Å². The van der Waals surface area contributed by atoms with E-state index in [4.69, 9.17) is 25.8 Å². The lowest BCUT2D eigenvalue weighted by molar-refractivity contribution is 0.0164.